The molecule has 0 saturated carbocycles. The summed E-state index contributed by atoms with van der Waals surface area (Å²) in [5, 5.41) is 0. The predicted octanol–water partition coefficient (Wildman–Crippen LogP) is 1.03. The maximum Gasteiger partial charge on any atom is 0.414 e. The highest BCUT2D eigenvalue weighted by molar-refractivity contribution is 7.93. The van der Waals surface area contributed by atoms with Crippen LogP contribution in [-0.4, -0.2) is 61.1 Å². The standard InChI is InChI=1S/C15H21FN4O3S/c1-18-24(22)6-4-19(5-7-24)14-3-2-11(8-13(14)16)20-10-12(9-17)23-15(20)21/h2-3,8,12H,4-7,9-10,17H2,1H3/t12-/m0/s1. The fourth-order valence-electron chi connectivity index (χ4n) is 2.92. The second kappa shape index (κ2) is 6.56. The number of carbonyl (C=O) groups excluding carboxylic acids is 1. The lowest BCUT2D eigenvalue weighted by Gasteiger charge is -2.31. The van der Waals surface area contributed by atoms with Gasteiger partial charge in [0.05, 0.1) is 17.9 Å². The molecule has 0 unspecified atom stereocenters. The molecule has 2 fully saturated rings. The number of ether oxygens (including phenoxy) is 1. The van der Waals surface area contributed by atoms with Gasteiger partial charge in [0.1, 0.15) is 11.9 Å². The summed E-state index contributed by atoms with van der Waals surface area (Å²) in [6.07, 6.45) is -0.881. The van der Waals surface area contributed by atoms with E-state index in [2.05, 4.69) is 4.36 Å². The summed E-state index contributed by atoms with van der Waals surface area (Å²) < 4.78 is 35.8. The first-order valence-electron chi connectivity index (χ1n) is 7.79. The van der Waals surface area contributed by atoms with Gasteiger partial charge in [-0.1, -0.05) is 0 Å². The van der Waals surface area contributed by atoms with Gasteiger partial charge in [0.15, 0.2) is 0 Å². The van der Waals surface area contributed by atoms with Crippen molar-refractivity contribution in [2.24, 2.45) is 10.1 Å². The number of anilines is 2. The highest BCUT2D eigenvalue weighted by atomic mass is 32.2. The molecule has 1 atom stereocenters. The molecule has 2 heterocycles. The van der Waals surface area contributed by atoms with Gasteiger partial charge >= 0.3 is 6.09 Å². The average Bonchev–Trinajstić information content (AvgIpc) is 2.97. The van der Waals surface area contributed by atoms with E-state index in [1.807, 2.05) is 4.90 Å². The van der Waals surface area contributed by atoms with Gasteiger partial charge in [-0.3, -0.25) is 4.90 Å². The van der Waals surface area contributed by atoms with E-state index in [1.165, 1.54) is 11.0 Å². The van der Waals surface area contributed by atoms with E-state index < -0.39 is 21.6 Å². The van der Waals surface area contributed by atoms with Crippen molar-refractivity contribution in [1.82, 2.24) is 0 Å². The third-order valence-corrected chi connectivity index (χ3v) is 6.72. The number of carbonyl (C=O) groups is 1. The van der Waals surface area contributed by atoms with Crippen LogP contribution in [0.4, 0.5) is 20.6 Å². The van der Waals surface area contributed by atoms with Crippen LogP contribution in [0.2, 0.25) is 0 Å². The van der Waals surface area contributed by atoms with Gasteiger partial charge in [0.25, 0.3) is 0 Å². The largest absolute Gasteiger partial charge is 0.443 e. The monoisotopic (exact) mass is 356 g/mol. The molecule has 1 amide bonds. The van der Waals surface area contributed by atoms with Crippen LogP contribution in [0.25, 0.3) is 0 Å². The Balaban J connectivity index is 1.77. The molecule has 2 N–H and O–H groups in total. The maximum absolute atomic E-state index is 14.5. The Bertz CT molecular complexity index is 749. The molecule has 7 nitrogen and oxygen atoms in total. The summed E-state index contributed by atoms with van der Waals surface area (Å²) in [5.41, 5.74) is 6.39. The van der Waals surface area contributed by atoms with Crippen LogP contribution >= 0.6 is 0 Å². The van der Waals surface area contributed by atoms with Crippen molar-refractivity contribution in [1.29, 1.82) is 0 Å². The highest BCUT2D eigenvalue weighted by Crippen LogP contribution is 2.28. The van der Waals surface area contributed by atoms with Crippen molar-refractivity contribution in [2.45, 2.75) is 6.10 Å². The quantitative estimate of drug-likeness (QED) is 0.874. The van der Waals surface area contributed by atoms with Gasteiger partial charge < -0.3 is 15.4 Å². The van der Waals surface area contributed by atoms with Crippen molar-refractivity contribution in [3.05, 3.63) is 24.0 Å². The zero-order chi connectivity index (χ0) is 17.3. The lowest BCUT2D eigenvalue weighted by molar-refractivity contribution is 0.145. The summed E-state index contributed by atoms with van der Waals surface area (Å²) in [7, 11) is -0.573. The second-order valence-corrected chi connectivity index (χ2v) is 8.56. The minimum atomic E-state index is -2.14. The van der Waals surface area contributed by atoms with Gasteiger partial charge in [0.2, 0.25) is 0 Å². The van der Waals surface area contributed by atoms with E-state index in [0.29, 0.717) is 42.5 Å². The number of hydrogen-bond donors (Lipinski definition) is 1. The molecule has 132 valence electrons. The van der Waals surface area contributed by atoms with Crippen LogP contribution in [0.15, 0.2) is 22.6 Å². The van der Waals surface area contributed by atoms with Crippen molar-refractivity contribution in [3.8, 4) is 0 Å². The molecule has 0 spiro atoms. The molecule has 3 rings (SSSR count). The van der Waals surface area contributed by atoms with E-state index >= 15 is 0 Å². The van der Waals surface area contributed by atoms with Crippen LogP contribution in [0.1, 0.15) is 0 Å². The van der Waals surface area contributed by atoms with E-state index in [1.54, 1.807) is 19.2 Å². The summed E-state index contributed by atoms with van der Waals surface area (Å²) in [6, 6.07) is 4.66. The van der Waals surface area contributed by atoms with Gasteiger partial charge in [-0.25, -0.2) is 17.8 Å². The molecular weight excluding hydrogens is 335 g/mol. The van der Waals surface area contributed by atoms with Gasteiger partial charge in [-0.05, 0) is 18.2 Å². The first-order valence-corrected chi connectivity index (χ1v) is 9.64. The first kappa shape index (κ1) is 17.0. The lowest BCUT2D eigenvalue weighted by Crippen LogP contribution is -2.40. The molecule has 1 aromatic rings. The number of halogens is 1. The Kier molecular flexibility index (Phi) is 4.64. The lowest BCUT2D eigenvalue weighted by atomic mass is 10.2. The smallest absolute Gasteiger partial charge is 0.414 e. The Hall–Kier alpha value is -1.87. The van der Waals surface area contributed by atoms with E-state index in [4.69, 9.17) is 10.5 Å². The van der Waals surface area contributed by atoms with Gasteiger partial charge in [-0.15, -0.1) is 0 Å². The summed E-state index contributed by atoms with van der Waals surface area (Å²) in [6.45, 7) is 1.54. The number of hydrogen-bond acceptors (Lipinski definition) is 6. The minimum Gasteiger partial charge on any atom is -0.443 e. The number of cyclic esters (lactones) is 1. The zero-order valence-electron chi connectivity index (χ0n) is 13.5. The molecule has 2 saturated heterocycles. The fourth-order valence-corrected chi connectivity index (χ4v) is 4.50. The van der Waals surface area contributed by atoms with Gasteiger partial charge in [-0.2, -0.15) is 0 Å². The van der Waals surface area contributed by atoms with Gasteiger partial charge in [0, 0.05) is 47.9 Å². The average molecular weight is 356 g/mol. The fraction of sp³-hybridized carbons (Fsp3) is 0.533. The predicted molar refractivity (Wildman–Crippen MR) is 91.5 cm³/mol. The Labute approximate surface area is 140 Å². The van der Waals surface area contributed by atoms with Crippen LogP contribution < -0.4 is 15.5 Å². The first-order chi connectivity index (χ1) is 11.5. The summed E-state index contributed by atoms with van der Waals surface area (Å²) >= 11 is 0. The number of nitrogens with zero attached hydrogens (tertiary/aromatic N) is 3. The molecule has 2 aliphatic heterocycles. The van der Waals surface area contributed by atoms with Crippen LogP contribution in [0.5, 0.6) is 0 Å². The molecule has 0 aromatic heterocycles. The molecule has 9 heteroatoms. The van der Waals surface area contributed by atoms with E-state index in [9.17, 15) is 13.4 Å². The second-order valence-electron chi connectivity index (χ2n) is 5.84. The number of rotatable bonds is 3. The molecule has 1 aromatic carbocycles. The topological polar surface area (TPSA) is 88.2 Å². The number of nitrogens with two attached hydrogens (primary N) is 1. The number of benzene rings is 1. The molecule has 0 bridgehead atoms. The maximum atomic E-state index is 14.5. The van der Waals surface area contributed by atoms with E-state index in [-0.39, 0.29) is 12.6 Å². The third-order valence-electron chi connectivity index (χ3n) is 4.41. The summed E-state index contributed by atoms with van der Waals surface area (Å²) in [5.74, 6) is 0.446. The molecule has 24 heavy (non-hydrogen) atoms. The molecule has 0 radical (unpaired) electrons. The van der Waals surface area contributed by atoms with E-state index in [0.717, 1.165) is 0 Å². The summed E-state index contributed by atoms with van der Waals surface area (Å²) in [4.78, 5) is 15.1. The Morgan fingerprint density at radius 2 is 2.12 bits per heavy atom. The van der Waals surface area contributed by atoms with Crippen molar-refractivity contribution >= 4 is 27.2 Å². The van der Waals surface area contributed by atoms with Crippen LogP contribution in [0, 0.1) is 5.82 Å². The third kappa shape index (κ3) is 3.18. The minimum absolute atomic E-state index is 0.234. The normalized spacial score (nSPS) is 23.3. The highest BCUT2D eigenvalue weighted by Gasteiger charge is 2.32. The van der Waals surface area contributed by atoms with Crippen LogP contribution in [0.3, 0.4) is 0 Å². The zero-order valence-corrected chi connectivity index (χ0v) is 14.3. The molecular formula is C15H21FN4O3S. The van der Waals surface area contributed by atoms with Crippen molar-refractivity contribution in [2.75, 3.05) is 54.5 Å². The van der Waals surface area contributed by atoms with Crippen LogP contribution in [-0.2, 0) is 14.5 Å². The molecule has 0 aliphatic carbocycles. The number of amides is 1. The Morgan fingerprint density at radius 1 is 1.42 bits per heavy atom. The Morgan fingerprint density at radius 3 is 2.67 bits per heavy atom. The van der Waals surface area contributed by atoms with Crippen molar-refractivity contribution < 1.29 is 18.1 Å². The molecule has 2 aliphatic rings. The SMILES string of the molecule is CN=S1(=O)CCN(c2ccc(N3C[C@H](CN)OC3=O)cc2F)CC1. The van der Waals surface area contributed by atoms with Crippen molar-refractivity contribution in [3.63, 3.8) is 0 Å².